The molecule has 6 nitrogen and oxygen atoms in total. The standard InChI is InChI=1S/C13H19N3O3/c1-14-12-9(4-3-6-15-12)13(17)16-10-5-7-19-8-11(10)18-2/h3-4,6,10-11H,5,7-8H2,1-2H3,(H,14,15)(H,16,17)/t10-,11-/m1/s1. The highest BCUT2D eigenvalue weighted by Gasteiger charge is 2.27. The maximum atomic E-state index is 12.3. The van der Waals surface area contributed by atoms with E-state index in [0.717, 1.165) is 6.42 Å². The molecule has 0 aliphatic carbocycles. The minimum absolute atomic E-state index is 0.0313. The van der Waals surface area contributed by atoms with E-state index in [2.05, 4.69) is 15.6 Å². The number of pyridine rings is 1. The lowest BCUT2D eigenvalue weighted by atomic mass is 10.1. The molecule has 1 aliphatic rings. The van der Waals surface area contributed by atoms with Crippen molar-refractivity contribution in [3.63, 3.8) is 0 Å². The average Bonchev–Trinajstić information content (AvgIpc) is 2.47. The minimum Gasteiger partial charge on any atom is -0.379 e. The maximum absolute atomic E-state index is 12.3. The van der Waals surface area contributed by atoms with Crippen molar-refractivity contribution in [2.45, 2.75) is 18.6 Å². The predicted octanol–water partition coefficient (Wildman–Crippen LogP) is 0.657. The van der Waals surface area contributed by atoms with Gasteiger partial charge >= 0.3 is 0 Å². The minimum atomic E-state index is -0.147. The first-order valence-corrected chi connectivity index (χ1v) is 6.30. The van der Waals surface area contributed by atoms with Gasteiger partial charge in [0.05, 0.1) is 18.2 Å². The molecule has 1 saturated heterocycles. The molecule has 1 fully saturated rings. The molecule has 2 atom stereocenters. The molecule has 0 radical (unpaired) electrons. The van der Waals surface area contributed by atoms with Crippen LogP contribution < -0.4 is 10.6 Å². The average molecular weight is 265 g/mol. The summed E-state index contributed by atoms with van der Waals surface area (Å²) in [5, 5.41) is 5.90. The summed E-state index contributed by atoms with van der Waals surface area (Å²) in [5.41, 5.74) is 0.534. The number of nitrogens with one attached hydrogen (secondary N) is 2. The van der Waals surface area contributed by atoms with E-state index in [1.165, 1.54) is 0 Å². The summed E-state index contributed by atoms with van der Waals surface area (Å²) in [6, 6.07) is 3.46. The van der Waals surface area contributed by atoms with Gasteiger partial charge in [0.1, 0.15) is 11.9 Å². The second-order valence-electron chi connectivity index (χ2n) is 4.37. The smallest absolute Gasteiger partial charge is 0.255 e. The number of amides is 1. The van der Waals surface area contributed by atoms with Crippen molar-refractivity contribution in [3.8, 4) is 0 Å². The molecule has 1 aromatic rings. The topological polar surface area (TPSA) is 72.5 Å². The van der Waals surface area contributed by atoms with Crippen LogP contribution in [0.5, 0.6) is 0 Å². The first-order chi connectivity index (χ1) is 9.26. The van der Waals surface area contributed by atoms with E-state index >= 15 is 0 Å². The van der Waals surface area contributed by atoms with Crippen molar-refractivity contribution in [2.24, 2.45) is 0 Å². The molecule has 2 heterocycles. The van der Waals surface area contributed by atoms with Crippen LogP contribution >= 0.6 is 0 Å². The number of methoxy groups -OCH3 is 1. The van der Waals surface area contributed by atoms with Gasteiger partial charge in [-0.05, 0) is 18.6 Å². The maximum Gasteiger partial charge on any atom is 0.255 e. The molecule has 0 saturated carbocycles. The summed E-state index contributed by atoms with van der Waals surface area (Å²) in [4.78, 5) is 16.4. The molecule has 1 amide bonds. The third-order valence-corrected chi connectivity index (χ3v) is 3.21. The van der Waals surface area contributed by atoms with Gasteiger partial charge in [-0.1, -0.05) is 0 Å². The fourth-order valence-corrected chi connectivity index (χ4v) is 2.14. The molecule has 0 aromatic carbocycles. The molecule has 104 valence electrons. The van der Waals surface area contributed by atoms with Crippen LogP contribution in [-0.2, 0) is 9.47 Å². The summed E-state index contributed by atoms with van der Waals surface area (Å²) < 4.78 is 10.7. The van der Waals surface area contributed by atoms with Gasteiger partial charge in [0.2, 0.25) is 0 Å². The van der Waals surface area contributed by atoms with Crippen molar-refractivity contribution in [1.29, 1.82) is 0 Å². The van der Waals surface area contributed by atoms with E-state index in [1.54, 1.807) is 32.5 Å². The Labute approximate surface area is 112 Å². The van der Waals surface area contributed by atoms with Gasteiger partial charge in [-0.2, -0.15) is 0 Å². The Morgan fingerprint density at radius 2 is 2.42 bits per heavy atom. The Balaban J connectivity index is 2.07. The zero-order chi connectivity index (χ0) is 13.7. The molecule has 1 aromatic heterocycles. The van der Waals surface area contributed by atoms with E-state index in [4.69, 9.17) is 9.47 Å². The molecule has 0 bridgehead atoms. The van der Waals surface area contributed by atoms with E-state index in [0.29, 0.717) is 24.6 Å². The van der Waals surface area contributed by atoms with Crippen LogP contribution in [0.2, 0.25) is 0 Å². The van der Waals surface area contributed by atoms with Gasteiger partial charge in [-0.3, -0.25) is 4.79 Å². The second kappa shape index (κ2) is 6.49. The highest BCUT2D eigenvalue weighted by molar-refractivity contribution is 5.98. The third-order valence-electron chi connectivity index (χ3n) is 3.21. The molecule has 2 N–H and O–H groups in total. The van der Waals surface area contributed by atoms with Gasteiger partial charge < -0.3 is 20.1 Å². The molecular weight excluding hydrogens is 246 g/mol. The number of ether oxygens (including phenoxy) is 2. The van der Waals surface area contributed by atoms with Gasteiger partial charge in [-0.25, -0.2) is 4.98 Å². The first kappa shape index (κ1) is 13.8. The highest BCUT2D eigenvalue weighted by Crippen LogP contribution is 2.14. The van der Waals surface area contributed by atoms with Gasteiger partial charge in [0.25, 0.3) is 5.91 Å². The van der Waals surface area contributed by atoms with Crippen molar-refractivity contribution in [2.75, 3.05) is 32.7 Å². The van der Waals surface area contributed by atoms with Crippen LogP contribution in [0.1, 0.15) is 16.8 Å². The lowest BCUT2D eigenvalue weighted by Crippen LogP contribution is -2.49. The zero-order valence-electron chi connectivity index (χ0n) is 11.2. The fraction of sp³-hybridized carbons (Fsp3) is 0.538. The van der Waals surface area contributed by atoms with E-state index in [9.17, 15) is 4.79 Å². The van der Waals surface area contributed by atoms with E-state index in [1.807, 2.05) is 0 Å². The van der Waals surface area contributed by atoms with Crippen LogP contribution in [0.25, 0.3) is 0 Å². The Bertz CT molecular complexity index is 439. The molecule has 19 heavy (non-hydrogen) atoms. The van der Waals surface area contributed by atoms with Crippen LogP contribution in [0, 0.1) is 0 Å². The number of carbonyl (C=O) groups is 1. The normalized spacial score (nSPS) is 22.8. The number of aromatic nitrogens is 1. The number of carbonyl (C=O) groups excluding carboxylic acids is 1. The van der Waals surface area contributed by atoms with Crippen LogP contribution in [0.4, 0.5) is 5.82 Å². The van der Waals surface area contributed by atoms with Crippen LogP contribution in [0.3, 0.4) is 0 Å². The summed E-state index contributed by atoms with van der Waals surface area (Å²) in [5.74, 6) is 0.424. The third kappa shape index (κ3) is 3.21. The predicted molar refractivity (Wildman–Crippen MR) is 71.3 cm³/mol. The van der Waals surface area contributed by atoms with Crippen LogP contribution in [-0.4, -0.2) is 50.4 Å². The second-order valence-corrected chi connectivity index (χ2v) is 4.37. The summed E-state index contributed by atoms with van der Waals surface area (Å²) >= 11 is 0. The SMILES string of the molecule is CNc1ncccc1C(=O)N[C@@H]1CCOC[C@H]1OC. The molecule has 1 aliphatic heterocycles. The molecule has 0 spiro atoms. The van der Waals surface area contributed by atoms with Crippen molar-refractivity contribution in [1.82, 2.24) is 10.3 Å². The number of hydrogen-bond acceptors (Lipinski definition) is 5. The van der Waals surface area contributed by atoms with Crippen molar-refractivity contribution in [3.05, 3.63) is 23.9 Å². The zero-order valence-corrected chi connectivity index (χ0v) is 11.2. The molecule has 2 rings (SSSR count). The summed E-state index contributed by atoms with van der Waals surface area (Å²) in [7, 11) is 3.37. The lowest BCUT2D eigenvalue weighted by molar-refractivity contribution is -0.0479. The van der Waals surface area contributed by atoms with Gasteiger partial charge in [0, 0.05) is 27.0 Å². The van der Waals surface area contributed by atoms with Crippen molar-refractivity contribution >= 4 is 11.7 Å². The number of nitrogens with zero attached hydrogens (tertiary/aromatic N) is 1. The quantitative estimate of drug-likeness (QED) is 0.836. The highest BCUT2D eigenvalue weighted by atomic mass is 16.5. The number of anilines is 1. The van der Waals surface area contributed by atoms with Gasteiger partial charge in [-0.15, -0.1) is 0 Å². The largest absolute Gasteiger partial charge is 0.379 e. The molecule has 6 heteroatoms. The van der Waals surface area contributed by atoms with E-state index < -0.39 is 0 Å². The number of hydrogen-bond donors (Lipinski definition) is 2. The first-order valence-electron chi connectivity index (χ1n) is 6.30. The Morgan fingerprint density at radius 3 is 3.16 bits per heavy atom. The van der Waals surface area contributed by atoms with Crippen molar-refractivity contribution < 1.29 is 14.3 Å². The van der Waals surface area contributed by atoms with Gasteiger partial charge in [0.15, 0.2) is 0 Å². The number of rotatable bonds is 4. The summed E-state index contributed by atoms with van der Waals surface area (Å²) in [6.45, 7) is 1.14. The lowest BCUT2D eigenvalue weighted by Gasteiger charge is -2.31. The Morgan fingerprint density at radius 1 is 1.58 bits per heavy atom. The van der Waals surface area contributed by atoms with Crippen LogP contribution in [0.15, 0.2) is 18.3 Å². The summed E-state index contributed by atoms with van der Waals surface area (Å²) in [6.07, 6.45) is 2.29. The molecule has 0 unspecified atom stereocenters. The fourth-order valence-electron chi connectivity index (χ4n) is 2.14. The molecular formula is C13H19N3O3. The monoisotopic (exact) mass is 265 g/mol. The van der Waals surface area contributed by atoms with E-state index in [-0.39, 0.29) is 18.1 Å². The Kier molecular flexibility index (Phi) is 4.70. The Hall–Kier alpha value is -1.66.